The smallest absolute Gasteiger partial charge is 0.164 e. The van der Waals surface area contributed by atoms with Gasteiger partial charge < -0.3 is 4.42 Å². The van der Waals surface area contributed by atoms with E-state index in [1.165, 1.54) is 32.9 Å². The molecule has 0 amide bonds. The van der Waals surface area contributed by atoms with Gasteiger partial charge in [0.2, 0.25) is 0 Å². The standard InChI is InChI=1S/C39H30B5N3O/c40-32-30(33(41)35(43)36(44)34(32)42)24-13-7-14-25(19-24)38-45-37(22-11-5-2-6-12-22)46-39(47-38)26-15-8-16-29-31(26)27-20-23(17-18-28(27)48-29)21-9-3-1-4-10-21/h1-20H,40-44H2. The van der Waals surface area contributed by atoms with Crippen molar-refractivity contribution >= 4 is 88.5 Å². The number of rotatable bonds is 5. The lowest BCUT2D eigenvalue weighted by Crippen LogP contribution is -2.55. The van der Waals surface area contributed by atoms with E-state index in [4.69, 9.17) is 19.4 Å². The van der Waals surface area contributed by atoms with Crippen molar-refractivity contribution in [3.05, 3.63) is 121 Å². The summed E-state index contributed by atoms with van der Waals surface area (Å²) >= 11 is 0. The van der Waals surface area contributed by atoms with Crippen molar-refractivity contribution in [2.75, 3.05) is 0 Å². The minimum absolute atomic E-state index is 0.608. The van der Waals surface area contributed by atoms with Gasteiger partial charge in [-0.3, -0.25) is 0 Å². The Morgan fingerprint density at radius 2 is 0.958 bits per heavy atom. The minimum atomic E-state index is 0.608. The van der Waals surface area contributed by atoms with Gasteiger partial charge in [0.05, 0.1) is 0 Å². The van der Waals surface area contributed by atoms with Crippen LogP contribution in [0.3, 0.4) is 0 Å². The molecule has 222 valence electrons. The maximum atomic E-state index is 6.38. The first-order chi connectivity index (χ1) is 23.4. The van der Waals surface area contributed by atoms with E-state index in [0.717, 1.165) is 55.3 Å². The lowest BCUT2D eigenvalue weighted by molar-refractivity contribution is 0.669. The molecular formula is C39H30B5N3O. The second-order valence-electron chi connectivity index (χ2n) is 12.6. The topological polar surface area (TPSA) is 51.8 Å². The molecule has 0 aliphatic carbocycles. The summed E-state index contributed by atoms with van der Waals surface area (Å²) in [6.07, 6.45) is 0. The molecule has 9 heteroatoms. The fraction of sp³-hybridized carbons (Fsp3) is 0. The third kappa shape index (κ3) is 5.07. The zero-order chi connectivity index (χ0) is 32.9. The van der Waals surface area contributed by atoms with Crippen molar-refractivity contribution in [1.29, 1.82) is 0 Å². The predicted octanol–water partition coefficient (Wildman–Crippen LogP) is 1.40. The summed E-state index contributed by atoms with van der Waals surface area (Å²) in [5.41, 5.74) is 15.8. The third-order valence-electron chi connectivity index (χ3n) is 9.92. The van der Waals surface area contributed by atoms with Gasteiger partial charge in [-0.2, -0.15) is 0 Å². The van der Waals surface area contributed by atoms with Crippen LogP contribution in [0.5, 0.6) is 0 Å². The van der Waals surface area contributed by atoms with E-state index in [2.05, 4.69) is 112 Å². The summed E-state index contributed by atoms with van der Waals surface area (Å²) in [6, 6.07) is 41.7. The van der Waals surface area contributed by atoms with Gasteiger partial charge in [-0.25, -0.2) is 15.0 Å². The SMILES string of the molecule is Bc1c(B)c(B)c(-c2cccc(-c3nc(-c4ccccc4)nc(-c4cccc5oc6ccc(-c7ccccc7)cc6c45)n3)c2)c(B)c1B. The summed E-state index contributed by atoms with van der Waals surface area (Å²) in [4.78, 5) is 15.3. The lowest BCUT2D eigenvalue weighted by Gasteiger charge is -2.20. The quantitative estimate of drug-likeness (QED) is 0.277. The Hall–Kier alpha value is -5.55. The van der Waals surface area contributed by atoms with E-state index in [9.17, 15) is 0 Å². The van der Waals surface area contributed by atoms with Gasteiger partial charge in [-0.05, 0) is 46.5 Å². The second kappa shape index (κ2) is 11.9. The number of hydrogen-bond donors (Lipinski definition) is 0. The fourth-order valence-electron chi connectivity index (χ4n) is 6.91. The largest absolute Gasteiger partial charge is 0.456 e. The summed E-state index contributed by atoms with van der Waals surface area (Å²) in [6.45, 7) is 0. The Morgan fingerprint density at radius 3 is 1.67 bits per heavy atom. The van der Waals surface area contributed by atoms with Crippen molar-refractivity contribution in [2.24, 2.45) is 0 Å². The highest BCUT2D eigenvalue weighted by atomic mass is 16.3. The Balaban J connectivity index is 1.35. The van der Waals surface area contributed by atoms with E-state index >= 15 is 0 Å². The lowest BCUT2D eigenvalue weighted by atomic mass is 9.59. The summed E-state index contributed by atoms with van der Waals surface area (Å²) in [5.74, 6) is 1.87. The van der Waals surface area contributed by atoms with Crippen molar-refractivity contribution in [3.63, 3.8) is 0 Å². The Kier molecular flexibility index (Phi) is 7.41. The molecule has 6 aromatic carbocycles. The molecule has 48 heavy (non-hydrogen) atoms. The number of benzene rings is 6. The van der Waals surface area contributed by atoms with Crippen molar-refractivity contribution in [3.8, 4) is 56.4 Å². The van der Waals surface area contributed by atoms with Crippen LogP contribution < -0.4 is 27.3 Å². The van der Waals surface area contributed by atoms with Crippen molar-refractivity contribution in [1.82, 2.24) is 15.0 Å². The molecule has 0 unspecified atom stereocenters. The highest BCUT2D eigenvalue weighted by Crippen LogP contribution is 2.38. The molecule has 0 fully saturated rings. The monoisotopic (exact) mass is 611 g/mol. The molecule has 0 atom stereocenters. The van der Waals surface area contributed by atoms with Gasteiger partial charge in [0.25, 0.3) is 0 Å². The highest BCUT2D eigenvalue weighted by molar-refractivity contribution is 6.68. The molecule has 8 aromatic rings. The van der Waals surface area contributed by atoms with E-state index in [-0.39, 0.29) is 0 Å². The van der Waals surface area contributed by atoms with E-state index in [0.29, 0.717) is 17.5 Å². The Morgan fingerprint density at radius 1 is 0.396 bits per heavy atom. The predicted molar refractivity (Wildman–Crippen MR) is 215 cm³/mol. The van der Waals surface area contributed by atoms with E-state index < -0.39 is 0 Å². The van der Waals surface area contributed by atoms with Crippen LogP contribution in [0.25, 0.3) is 78.4 Å². The van der Waals surface area contributed by atoms with Gasteiger partial charge in [0, 0.05) is 27.5 Å². The zero-order valence-corrected chi connectivity index (χ0v) is 27.8. The zero-order valence-electron chi connectivity index (χ0n) is 27.8. The van der Waals surface area contributed by atoms with Crippen LogP contribution >= 0.6 is 0 Å². The summed E-state index contributed by atoms with van der Waals surface area (Å²) < 4.78 is 6.38. The van der Waals surface area contributed by atoms with Crippen LogP contribution in [0, 0.1) is 0 Å². The first kappa shape index (κ1) is 29.8. The normalized spacial score (nSPS) is 11.3. The molecule has 0 aliphatic rings. The number of nitrogens with zero attached hydrogens (tertiary/aromatic N) is 3. The Labute approximate surface area is 284 Å². The summed E-state index contributed by atoms with van der Waals surface area (Å²) in [7, 11) is 11.1. The molecule has 8 rings (SSSR count). The van der Waals surface area contributed by atoms with Gasteiger partial charge in [-0.15, -0.1) is 16.4 Å². The molecule has 2 heterocycles. The van der Waals surface area contributed by atoms with Crippen LogP contribution in [0.2, 0.25) is 0 Å². The number of furan rings is 1. The average molecular weight is 611 g/mol. The van der Waals surface area contributed by atoms with Gasteiger partial charge in [-0.1, -0.05) is 108 Å². The average Bonchev–Trinajstić information content (AvgIpc) is 3.52. The van der Waals surface area contributed by atoms with E-state index in [1.54, 1.807) is 0 Å². The minimum Gasteiger partial charge on any atom is -0.456 e. The molecule has 4 nitrogen and oxygen atoms in total. The molecule has 0 bridgehead atoms. The number of fused-ring (bicyclic) bond motifs is 3. The molecule has 0 radical (unpaired) electrons. The maximum absolute atomic E-state index is 6.38. The van der Waals surface area contributed by atoms with Crippen LogP contribution in [-0.2, 0) is 0 Å². The highest BCUT2D eigenvalue weighted by Gasteiger charge is 2.19. The molecule has 2 aromatic heterocycles. The first-order valence-electron chi connectivity index (χ1n) is 16.4. The van der Waals surface area contributed by atoms with Crippen molar-refractivity contribution in [2.45, 2.75) is 0 Å². The number of hydrogen-bond acceptors (Lipinski definition) is 4. The van der Waals surface area contributed by atoms with Crippen LogP contribution in [0.4, 0.5) is 0 Å². The summed E-state index contributed by atoms with van der Waals surface area (Å²) in [5, 5.41) is 2.02. The van der Waals surface area contributed by atoms with Gasteiger partial charge in [0.1, 0.15) is 50.4 Å². The molecule has 0 spiro atoms. The van der Waals surface area contributed by atoms with Crippen LogP contribution in [0.15, 0.2) is 126 Å². The third-order valence-corrected chi connectivity index (χ3v) is 9.92. The Bertz CT molecular complexity index is 2490. The maximum Gasteiger partial charge on any atom is 0.164 e. The molecular weight excluding hydrogens is 581 g/mol. The first-order valence-corrected chi connectivity index (χ1v) is 16.4. The molecule has 0 saturated carbocycles. The van der Waals surface area contributed by atoms with E-state index in [1.807, 2.05) is 48.5 Å². The van der Waals surface area contributed by atoms with Crippen LogP contribution in [-0.4, -0.2) is 54.2 Å². The van der Waals surface area contributed by atoms with Crippen molar-refractivity contribution < 1.29 is 4.42 Å². The molecule has 0 aliphatic heterocycles. The second-order valence-corrected chi connectivity index (χ2v) is 12.6. The molecule has 0 N–H and O–H groups in total. The number of aromatic nitrogens is 3. The van der Waals surface area contributed by atoms with Crippen LogP contribution in [0.1, 0.15) is 0 Å². The van der Waals surface area contributed by atoms with Gasteiger partial charge >= 0.3 is 0 Å². The fourth-order valence-corrected chi connectivity index (χ4v) is 6.91. The van der Waals surface area contributed by atoms with Gasteiger partial charge in [0.15, 0.2) is 17.5 Å². The molecule has 0 saturated heterocycles.